The van der Waals surface area contributed by atoms with Crippen molar-refractivity contribution in [1.29, 1.82) is 0 Å². The van der Waals surface area contributed by atoms with Gasteiger partial charge in [-0.15, -0.1) is 0 Å². The molecular formula is C24H51NO2. The zero-order valence-electron chi connectivity index (χ0n) is 18.8. The summed E-state index contributed by atoms with van der Waals surface area (Å²) in [5, 5.41) is 9.02. The van der Waals surface area contributed by atoms with Crippen LogP contribution in [0.2, 0.25) is 0 Å². The average Bonchev–Trinajstić information content (AvgIpc) is 2.63. The lowest BCUT2D eigenvalue weighted by atomic mass is 9.98. The highest BCUT2D eigenvalue weighted by Crippen LogP contribution is 2.17. The second kappa shape index (κ2) is 23.5. The Kier molecular flexibility index (Phi) is 24.9. The molecule has 4 N–H and O–H groups in total. The maximum absolute atomic E-state index is 10.9. The highest BCUT2D eigenvalue weighted by Gasteiger charge is 2.13. The van der Waals surface area contributed by atoms with Crippen LogP contribution >= 0.6 is 0 Å². The first-order valence-corrected chi connectivity index (χ1v) is 11.9. The topological polar surface area (TPSA) is 72.3 Å². The molecule has 1 atom stereocenters. The molecular weight excluding hydrogens is 334 g/mol. The third kappa shape index (κ3) is 21.6. The fourth-order valence-electron chi connectivity index (χ4n) is 3.79. The fraction of sp³-hybridized carbons (Fsp3) is 0.958. The lowest BCUT2D eigenvalue weighted by Crippen LogP contribution is -2.12. The highest BCUT2D eigenvalue weighted by atomic mass is 16.4. The lowest BCUT2D eigenvalue weighted by molar-refractivity contribution is -0.142. The summed E-state index contributed by atoms with van der Waals surface area (Å²) >= 11 is 0. The van der Waals surface area contributed by atoms with Crippen molar-refractivity contribution in [3.63, 3.8) is 0 Å². The molecule has 0 aromatic rings. The molecule has 0 spiro atoms. The van der Waals surface area contributed by atoms with Crippen LogP contribution in [-0.4, -0.2) is 11.1 Å². The van der Waals surface area contributed by atoms with Crippen LogP contribution in [0.25, 0.3) is 0 Å². The molecule has 0 aliphatic rings. The normalized spacial score (nSPS) is 11.9. The summed E-state index contributed by atoms with van der Waals surface area (Å²) in [6.45, 7) is 4.26. The van der Waals surface area contributed by atoms with Gasteiger partial charge < -0.3 is 11.3 Å². The van der Waals surface area contributed by atoms with Crippen molar-refractivity contribution in [3.8, 4) is 0 Å². The molecule has 0 radical (unpaired) electrons. The molecule has 0 fully saturated rings. The first-order valence-electron chi connectivity index (χ1n) is 11.9. The molecule has 3 nitrogen and oxygen atoms in total. The van der Waals surface area contributed by atoms with Crippen LogP contribution in [-0.2, 0) is 4.79 Å². The van der Waals surface area contributed by atoms with E-state index in [1.54, 1.807) is 0 Å². The summed E-state index contributed by atoms with van der Waals surface area (Å²) in [6, 6.07) is 0. The Hall–Kier alpha value is -0.570. The highest BCUT2D eigenvalue weighted by molar-refractivity contribution is 5.69. The second-order valence-corrected chi connectivity index (χ2v) is 8.24. The summed E-state index contributed by atoms with van der Waals surface area (Å²) < 4.78 is 0. The summed E-state index contributed by atoms with van der Waals surface area (Å²) in [6.07, 6.45) is 26.5. The van der Waals surface area contributed by atoms with Gasteiger partial charge in [0.1, 0.15) is 0 Å². The van der Waals surface area contributed by atoms with Crippen molar-refractivity contribution < 1.29 is 9.90 Å². The second-order valence-electron chi connectivity index (χ2n) is 8.24. The molecule has 164 valence electrons. The Morgan fingerprint density at radius 3 is 1.15 bits per heavy atom. The quantitative estimate of drug-likeness (QED) is 0.194. The summed E-state index contributed by atoms with van der Waals surface area (Å²) in [5.74, 6) is -0.726. The van der Waals surface area contributed by atoms with Crippen LogP contribution < -0.4 is 6.15 Å². The van der Waals surface area contributed by atoms with Gasteiger partial charge in [-0.1, -0.05) is 129 Å². The Bertz CT molecular complexity index is 294. The molecule has 0 aliphatic heterocycles. The van der Waals surface area contributed by atoms with E-state index in [0.717, 1.165) is 19.3 Å². The van der Waals surface area contributed by atoms with Crippen LogP contribution in [0.3, 0.4) is 0 Å². The van der Waals surface area contributed by atoms with E-state index < -0.39 is 5.97 Å². The Labute approximate surface area is 170 Å². The van der Waals surface area contributed by atoms with Crippen LogP contribution in [0.4, 0.5) is 0 Å². The molecule has 1 unspecified atom stereocenters. The van der Waals surface area contributed by atoms with Crippen molar-refractivity contribution in [2.75, 3.05) is 0 Å². The molecule has 0 saturated carbocycles. The zero-order chi connectivity index (χ0) is 19.3. The Balaban J connectivity index is 0. The minimum absolute atomic E-state index is 0. The van der Waals surface area contributed by atoms with E-state index in [9.17, 15) is 4.79 Å². The minimum atomic E-state index is -0.612. The molecule has 0 aliphatic carbocycles. The van der Waals surface area contributed by atoms with Crippen LogP contribution in [0.15, 0.2) is 0 Å². The predicted molar refractivity (Wildman–Crippen MR) is 120 cm³/mol. The van der Waals surface area contributed by atoms with Gasteiger partial charge in [-0.25, -0.2) is 0 Å². The van der Waals surface area contributed by atoms with E-state index in [4.69, 9.17) is 5.11 Å². The molecule has 0 aromatic carbocycles. The van der Waals surface area contributed by atoms with Crippen LogP contribution in [0.5, 0.6) is 0 Å². The summed E-state index contributed by atoms with van der Waals surface area (Å²) in [5.41, 5.74) is 0. The predicted octanol–water partition coefficient (Wildman–Crippen LogP) is 8.69. The van der Waals surface area contributed by atoms with Gasteiger partial charge in [0.25, 0.3) is 0 Å². The standard InChI is InChI=1S/C24H48O2.H3N/c1-3-5-6-7-8-9-10-11-12-13-14-15-16-17-18-19-20-21-22-23(4-2)24(25)26;/h23H,3-22H2,1-2H3,(H,25,26);1H3. The minimum Gasteiger partial charge on any atom is -0.481 e. The fourth-order valence-corrected chi connectivity index (χ4v) is 3.79. The van der Waals surface area contributed by atoms with Crippen LogP contribution in [0, 0.1) is 5.92 Å². The van der Waals surface area contributed by atoms with Gasteiger partial charge in [0.15, 0.2) is 0 Å². The van der Waals surface area contributed by atoms with Crippen molar-refractivity contribution >= 4 is 5.97 Å². The SMILES string of the molecule is CCCCCCCCCCCCCCCCCCCCC(CC)C(=O)O.N. The maximum Gasteiger partial charge on any atom is 0.306 e. The molecule has 0 bridgehead atoms. The van der Waals surface area contributed by atoms with Gasteiger partial charge in [-0.3, -0.25) is 4.79 Å². The van der Waals surface area contributed by atoms with Gasteiger partial charge in [0, 0.05) is 0 Å². The van der Waals surface area contributed by atoms with E-state index in [2.05, 4.69) is 6.92 Å². The smallest absolute Gasteiger partial charge is 0.306 e. The maximum atomic E-state index is 10.9. The third-order valence-corrected chi connectivity index (χ3v) is 5.75. The summed E-state index contributed by atoms with van der Waals surface area (Å²) in [4.78, 5) is 10.9. The number of carboxylic acids is 1. The Morgan fingerprint density at radius 1 is 0.593 bits per heavy atom. The molecule has 0 heterocycles. The number of unbranched alkanes of at least 4 members (excludes halogenated alkanes) is 17. The Morgan fingerprint density at radius 2 is 0.889 bits per heavy atom. The molecule has 0 saturated heterocycles. The van der Waals surface area contributed by atoms with E-state index >= 15 is 0 Å². The number of carboxylic acid groups (broad SMARTS) is 1. The van der Waals surface area contributed by atoms with Gasteiger partial charge >= 0.3 is 5.97 Å². The first kappa shape index (κ1) is 28.6. The third-order valence-electron chi connectivity index (χ3n) is 5.75. The molecule has 0 rings (SSSR count). The van der Waals surface area contributed by atoms with E-state index in [1.807, 2.05) is 6.92 Å². The first-order chi connectivity index (χ1) is 12.7. The number of rotatable bonds is 21. The molecule has 0 amide bonds. The van der Waals surface area contributed by atoms with E-state index in [0.29, 0.717) is 0 Å². The van der Waals surface area contributed by atoms with E-state index in [-0.39, 0.29) is 12.1 Å². The van der Waals surface area contributed by atoms with Gasteiger partial charge in [-0.05, 0) is 12.8 Å². The van der Waals surface area contributed by atoms with Crippen molar-refractivity contribution in [2.45, 2.75) is 142 Å². The van der Waals surface area contributed by atoms with Crippen LogP contribution in [0.1, 0.15) is 142 Å². The number of hydrogen-bond acceptors (Lipinski definition) is 2. The van der Waals surface area contributed by atoms with Gasteiger partial charge in [0.2, 0.25) is 0 Å². The van der Waals surface area contributed by atoms with Crippen molar-refractivity contribution in [2.24, 2.45) is 5.92 Å². The zero-order valence-corrected chi connectivity index (χ0v) is 18.8. The van der Waals surface area contributed by atoms with Gasteiger partial charge in [0.05, 0.1) is 5.92 Å². The molecule has 0 aromatic heterocycles. The summed E-state index contributed by atoms with van der Waals surface area (Å²) in [7, 11) is 0. The number of hydrogen-bond donors (Lipinski definition) is 2. The number of aliphatic carboxylic acids is 1. The molecule has 27 heavy (non-hydrogen) atoms. The van der Waals surface area contributed by atoms with Gasteiger partial charge in [-0.2, -0.15) is 0 Å². The average molecular weight is 386 g/mol. The molecule has 3 heteroatoms. The monoisotopic (exact) mass is 385 g/mol. The lowest BCUT2D eigenvalue weighted by Gasteiger charge is -2.08. The number of carbonyl (C=O) groups is 1. The van der Waals surface area contributed by atoms with E-state index in [1.165, 1.54) is 109 Å². The van der Waals surface area contributed by atoms with Crippen molar-refractivity contribution in [3.05, 3.63) is 0 Å². The van der Waals surface area contributed by atoms with Crippen molar-refractivity contribution in [1.82, 2.24) is 6.15 Å². The largest absolute Gasteiger partial charge is 0.481 e.